The quantitative estimate of drug-likeness (QED) is 0.226. The fourth-order valence-electron chi connectivity index (χ4n) is 2.94. The molecule has 23 heavy (non-hydrogen) atoms. The molecule has 1 aromatic carbocycles. The van der Waals surface area contributed by atoms with E-state index in [-0.39, 0.29) is 12.4 Å². The summed E-state index contributed by atoms with van der Waals surface area (Å²) in [6, 6.07) is 8.45. The zero-order valence-electron chi connectivity index (χ0n) is 15.0. The molecule has 3 heteroatoms. The lowest BCUT2D eigenvalue weighted by Gasteiger charge is -2.04. The minimum atomic E-state index is 0. The molecule has 2 nitrogen and oxygen atoms in total. The molecule has 0 saturated carbocycles. The number of benzene rings is 1. The standard InChI is InChI=1S/C20H36N2.ClH/c1-2-3-4-5-6-7-8-9-10-11-12-13-14-19-15-17-20(22-21)18-16-19;/h15-18,22H,2-14,21H2,1H3;1H. The maximum atomic E-state index is 5.37. The lowest BCUT2D eigenvalue weighted by molar-refractivity contribution is 0.544. The fraction of sp³-hybridized carbons (Fsp3) is 0.700. The number of halogens is 1. The van der Waals surface area contributed by atoms with Gasteiger partial charge in [0.25, 0.3) is 0 Å². The van der Waals surface area contributed by atoms with Crippen LogP contribution in [0.5, 0.6) is 0 Å². The highest BCUT2D eigenvalue weighted by atomic mass is 35.5. The van der Waals surface area contributed by atoms with Crippen LogP contribution in [0.4, 0.5) is 5.69 Å². The van der Waals surface area contributed by atoms with Crippen LogP contribution in [0.25, 0.3) is 0 Å². The Kier molecular flexibility index (Phi) is 15.6. The molecule has 134 valence electrons. The number of aryl methyl sites for hydroxylation is 1. The predicted octanol–water partition coefficient (Wildman–Crippen LogP) is 6.64. The number of unbranched alkanes of at least 4 members (excludes halogenated alkanes) is 11. The van der Waals surface area contributed by atoms with E-state index in [0.717, 1.165) is 5.69 Å². The Morgan fingerprint density at radius 1 is 0.696 bits per heavy atom. The molecular weight excluding hydrogens is 304 g/mol. The SMILES string of the molecule is CCCCCCCCCCCCCCc1ccc(NN)cc1.Cl. The number of rotatable bonds is 14. The summed E-state index contributed by atoms with van der Waals surface area (Å²) < 4.78 is 0. The molecular formula is C20H37ClN2. The van der Waals surface area contributed by atoms with E-state index in [1.165, 1.54) is 89.0 Å². The number of nitrogen functional groups attached to an aromatic ring is 1. The second-order valence-corrected chi connectivity index (χ2v) is 6.48. The van der Waals surface area contributed by atoms with E-state index >= 15 is 0 Å². The molecule has 0 radical (unpaired) electrons. The van der Waals surface area contributed by atoms with Gasteiger partial charge in [-0.1, -0.05) is 89.7 Å². The third-order valence-electron chi connectivity index (χ3n) is 4.44. The Hall–Kier alpha value is -0.730. The van der Waals surface area contributed by atoms with Gasteiger partial charge in [0.2, 0.25) is 0 Å². The molecule has 0 aromatic heterocycles. The number of hydrazine groups is 1. The topological polar surface area (TPSA) is 38.0 Å². The van der Waals surface area contributed by atoms with Gasteiger partial charge in [-0.3, -0.25) is 5.84 Å². The van der Waals surface area contributed by atoms with Crippen molar-refractivity contribution in [3.05, 3.63) is 29.8 Å². The average molecular weight is 341 g/mol. The largest absolute Gasteiger partial charge is 0.324 e. The Labute approximate surface area is 150 Å². The van der Waals surface area contributed by atoms with Crippen molar-refractivity contribution in [2.45, 2.75) is 90.4 Å². The Morgan fingerprint density at radius 3 is 1.57 bits per heavy atom. The number of nitrogens with one attached hydrogen (secondary N) is 1. The van der Waals surface area contributed by atoms with Gasteiger partial charge in [0.15, 0.2) is 0 Å². The summed E-state index contributed by atoms with van der Waals surface area (Å²) in [6.45, 7) is 2.28. The summed E-state index contributed by atoms with van der Waals surface area (Å²) in [5, 5.41) is 0. The third kappa shape index (κ3) is 12.4. The molecule has 1 rings (SSSR count). The molecule has 0 saturated heterocycles. The number of anilines is 1. The lowest BCUT2D eigenvalue weighted by Crippen LogP contribution is -2.06. The first-order valence-corrected chi connectivity index (χ1v) is 9.42. The molecule has 0 heterocycles. The van der Waals surface area contributed by atoms with E-state index in [0.29, 0.717) is 0 Å². The van der Waals surface area contributed by atoms with Gasteiger partial charge in [-0.2, -0.15) is 0 Å². The fourth-order valence-corrected chi connectivity index (χ4v) is 2.94. The van der Waals surface area contributed by atoms with E-state index in [1.807, 2.05) is 0 Å². The van der Waals surface area contributed by atoms with Crippen LogP contribution in [0.15, 0.2) is 24.3 Å². The van der Waals surface area contributed by atoms with Crippen molar-refractivity contribution in [2.75, 3.05) is 5.43 Å². The van der Waals surface area contributed by atoms with E-state index in [1.54, 1.807) is 0 Å². The Morgan fingerprint density at radius 2 is 1.13 bits per heavy atom. The second kappa shape index (κ2) is 16.1. The van der Waals surface area contributed by atoms with Gasteiger partial charge in [-0.05, 0) is 30.5 Å². The zero-order chi connectivity index (χ0) is 15.9. The van der Waals surface area contributed by atoms with Gasteiger partial charge in [0.1, 0.15) is 0 Å². The first kappa shape index (κ1) is 22.3. The summed E-state index contributed by atoms with van der Waals surface area (Å²) in [4.78, 5) is 0. The Balaban J connectivity index is 0.00000484. The van der Waals surface area contributed by atoms with Crippen LogP contribution in [-0.2, 0) is 6.42 Å². The predicted molar refractivity (Wildman–Crippen MR) is 106 cm³/mol. The van der Waals surface area contributed by atoms with Crippen LogP contribution in [0.3, 0.4) is 0 Å². The summed E-state index contributed by atoms with van der Waals surface area (Å²) in [7, 11) is 0. The van der Waals surface area contributed by atoms with Crippen LogP contribution in [0.1, 0.15) is 89.5 Å². The van der Waals surface area contributed by atoms with Crippen molar-refractivity contribution >= 4 is 18.1 Å². The van der Waals surface area contributed by atoms with Gasteiger partial charge in [-0.25, -0.2) is 0 Å². The van der Waals surface area contributed by atoms with Gasteiger partial charge >= 0.3 is 0 Å². The maximum Gasteiger partial charge on any atom is 0.0485 e. The molecule has 1 aromatic rings. The first-order chi connectivity index (χ1) is 10.9. The van der Waals surface area contributed by atoms with Crippen molar-refractivity contribution in [3.8, 4) is 0 Å². The highest BCUT2D eigenvalue weighted by Crippen LogP contribution is 2.14. The molecule has 0 spiro atoms. The van der Waals surface area contributed by atoms with Crippen molar-refractivity contribution in [3.63, 3.8) is 0 Å². The smallest absolute Gasteiger partial charge is 0.0485 e. The van der Waals surface area contributed by atoms with Crippen LogP contribution in [-0.4, -0.2) is 0 Å². The normalized spacial score (nSPS) is 10.3. The molecule has 0 aliphatic rings. The summed E-state index contributed by atoms with van der Waals surface area (Å²) in [6.07, 6.45) is 18.2. The summed E-state index contributed by atoms with van der Waals surface area (Å²) in [5.74, 6) is 5.37. The van der Waals surface area contributed by atoms with E-state index in [2.05, 4.69) is 36.6 Å². The van der Waals surface area contributed by atoms with Crippen LogP contribution in [0.2, 0.25) is 0 Å². The van der Waals surface area contributed by atoms with E-state index < -0.39 is 0 Å². The minimum absolute atomic E-state index is 0. The molecule has 0 aliphatic carbocycles. The molecule has 0 bridgehead atoms. The van der Waals surface area contributed by atoms with E-state index in [4.69, 9.17) is 5.84 Å². The monoisotopic (exact) mass is 340 g/mol. The van der Waals surface area contributed by atoms with E-state index in [9.17, 15) is 0 Å². The summed E-state index contributed by atoms with van der Waals surface area (Å²) in [5.41, 5.74) is 5.08. The number of hydrogen-bond acceptors (Lipinski definition) is 2. The van der Waals surface area contributed by atoms with Gasteiger partial charge in [0.05, 0.1) is 0 Å². The van der Waals surface area contributed by atoms with Gasteiger partial charge < -0.3 is 5.43 Å². The highest BCUT2D eigenvalue weighted by Gasteiger charge is 1.96. The van der Waals surface area contributed by atoms with Crippen LogP contribution < -0.4 is 11.3 Å². The number of nitrogens with two attached hydrogens (primary N) is 1. The lowest BCUT2D eigenvalue weighted by atomic mass is 10.0. The molecule has 0 unspecified atom stereocenters. The van der Waals surface area contributed by atoms with Crippen molar-refractivity contribution in [2.24, 2.45) is 5.84 Å². The van der Waals surface area contributed by atoms with Crippen molar-refractivity contribution in [1.82, 2.24) is 0 Å². The Bertz CT molecular complexity index is 351. The zero-order valence-corrected chi connectivity index (χ0v) is 15.8. The molecule has 0 amide bonds. The summed E-state index contributed by atoms with van der Waals surface area (Å²) >= 11 is 0. The van der Waals surface area contributed by atoms with Crippen LogP contribution in [0, 0.1) is 0 Å². The number of hydrogen-bond donors (Lipinski definition) is 2. The first-order valence-electron chi connectivity index (χ1n) is 9.42. The highest BCUT2D eigenvalue weighted by molar-refractivity contribution is 5.85. The molecule has 3 N–H and O–H groups in total. The molecule has 0 fully saturated rings. The average Bonchev–Trinajstić information content (AvgIpc) is 2.56. The molecule has 0 aliphatic heterocycles. The van der Waals surface area contributed by atoms with Crippen molar-refractivity contribution < 1.29 is 0 Å². The maximum absolute atomic E-state index is 5.37. The van der Waals surface area contributed by atoms with Crippen LogP contribution >= 0.6 is 12.4 Å². The third-order valence-corrected chi connectivity index (χ3v) is 4.44. The van der Waals surface area contributed by atoms with Crippen molar-refractivity contribution in [1.29, 1.82) is 0 Å². The van der Waals surface area contributed by atoms with Gasteiger partial charge in [-0.15, -0.1) is 12.4 Å². The minimum Gasteiger partial charge on any atom is -0.324 e. The van der Waals surface area contributed by atoms with Gasteiger partial charge in [0, 0.05) is 5.69 Å². The second-order valence-electron chi connectivity index (χ2n) is 6.48. The molecule has 0 atom stereocenters.